The topological polar surface area (TPSA) is 46.5 Å². The third-order valence-corrected chi connectivity index (χ3v) is 2.78. The molecule has 7 heteroatoms. The van der Waals surface area contributed by atoms with Crippen LogP contribution in [0.15, 0.2) is 42.5 Å². The fourth-order valence-corrected chi connectivity index (χ4v) is 1.96. The Balaban J connectivity index is 2.32. The van der Waals surface area contributed by atoms with Gasteiger partial charge in [-0.1, -0.05) is 23.7 Å². The normalized spacial score (nSPS) is 11.2. The summed E-state index contributed by atoms with van der Waals surface area (Å²) in [4.78, 5) is 10.9. The number of carboxylic acids is 1. The molecule has 0 unspecified atom stereocenters. The number of halogens is 4. The molecule has 0 aliphatic carbocycles. The molecule has 0 fully saturated rings. The van der Waals surface area contributed by atoms with Crippen molar-refractivity contribution < 1.29 is 27.8 Å². The van der Waals surface area contributed by atoms with Crippen LogP contribution in [0, 0.1) is 0 Å². The Labute approximate surface area is 122 Å². The van der Waals surface area contributed by atoms with Crippen LogP contribution in [0.4, 0.5) is 13.2 Å². The number of hydrogen-bond acceptors (Lipinski definition) is 2. The van der Waals surface area contributed by atoms with Gasteiger partial charge in [0.25, 0.3) is 0 Å². The molecule has 2 rings (SSSR count). The summed E-state index contributed by atoms with van der Waals surface area (Å²) in [6, 6.07) is 9.25. The van der Waals surface area contributed by atoms with Crippen molar-refractivity contribution in [1.29, 1.82) is 0 Å². The molecule has 0 radical (unpaired) electrons. The maximum atomic E-state index is 12.1. The third-order valence-electron chi connectivity index (χ3n) is 2.57. The second kappa shape index (κ2) is 5.65. The van der Waals surface area contributed by atoms with Crippen molar-refractivity contribution in [3.05, 3.63) is 53.1 Å². The molecule has 2 aromatic rings. The summed E-state index contributed by atoms with van der Waals surface area (Å²) in [5, 5.41) is 9.17. The second-order valence-corrected chi connectivity index (χ2v) is 4.54. The number of rotatable bonds is 3. The summed E-state index contributed by atoms with van der Waals surface area (Å²) in [5.74, 6) is -1.50. The fourth-order valence-electron chi connectivity index (χ4n) is 1.73. The average molecular weight is 317 g/mol. The maximum absolute atomic E-state index is 12.1. The highest BCUT2D eigenvalue weighted by Crippen LogP contribution is 2.28. The van der Waals surface area contributed by atoms with Crippen LogP contribution in [0.1, 0.15) is 10.4 Å². The zero-order valence-electron chi connectivity index (χ0n) is 10.3. The number of hydrogen-bond donors (Lipinski definition) is 1. The molecule has 110 valence electrons. The van der Waals surface area contributed by atoms with E-state index in [1.54, 1.807) is 0 Å². The van der Waals surface area contributed by atoms with Crippen molar-refractivity contribution in [1.82, 2.24) is 0 Å². The number of alkyl halides is 3. The van der Waals surface area contributed by atoms with Crippen LogP contribution in [-0.4, -0.2) is 17.4 Å². The van der Waals surface area contributed by atoms with Gasteiger partial charge in [-0.05, 0) is 41.5 Å². The SMILES string of the molecule is O=C(O)c1cc(Cl)cc(-c2ccc(OC(F)(F)F)cc2)c1. The van der Waals surface area contributed by atoms with Gasteiger partial charge in [0.2, 0.25) is 0 Å². The van der Waals surface area contributed by atoms with E-state index < -0.39 is 12.3 Å². The van der Waals surface area contributed by atoms with Crippen LogP contribution in [0.3, 0.4) is 0 Å². The number of carboxylic acid groups (broad SMARTS) is 1. The Morgan fingerprint density at radius 1 is 1.05 bits per heavy atom. The Bertz CT molecular complexity index is 666. The van der Waals surface area contributed by atoms with E-state index in [1.807, 2.05) is 0 Å². The zero-order chi connectivity index (χ0) is 15.6. The van der Waals surface area contributed by atoms with Gasteiger partial charge in [0.15, 0.2) is 0 Å². The van der Waals surface area contributed by atoms with E-state index in [9.17, 15) is 18.0 Å². The highest BCUT2D eigenvalue weighted by molar-refractivity contribution is 6.31. The van der Waals surface area contributed by atoms with E-state index in [-0.39, 0.29) is 16.3 Å². The van der Waals surface area contributed by atoms with E-state index in [4.69, 9.17) is 16.7 Å². The molecule has 21 heavy (non-hydrogen) atoms. The fraction of sp³-hybridized carbons (Fsp3) is 0.0714. The van der Waals surface area contributed by atoms with Crippen molar-refractivity contribution in [2.24, 2.45) is 0 Å². The van der Waals surface area contributed by atoms with Gasteiger partial charge >= 0.3 is 12.3 Å². The molecule has 0 aliphatic heterocycles. The van der Waals surface area contributed by atoms with Gasteiger partial charge in [-0.3, -0.25) is 0 Å². The Morgan fingerprint density at radius 3 is 2.19 bits per heavy atom. The predicted octanol–water partition coefficient (Wildman–Crippen LogP) is 4.60. The van der Waals surface area contributed by atoms with Crippen LogP contribution in [0.25, 0.3) is 11.1 Å². The predicted molar refractivity (Wildman–Crippen MR) is 70.5 cm³/mol. The Hall–Kier alpha value is -2.21. The number of aromatic carboxylic acids is 1. The standard InChI is InChI=1S/C14H8ClF3O3/c15-11-6-9(5-10(7-11)13(19)20)8-1-3-12(4-2-8)21-14(16,17)18/h1-7H,(H,19,20). The quantitative estimate of drug-likeness (QED) is 0.900. The lowest BCUT2D eigenvalue weighted by Gasteiger charge is -2.10. The summed E-state index contributed by atoms with van der Waals surface area (Å²) in [7, 11) is 0. The van der Waals surface area contributed by atoms with Gasteiger partial charge < -0.3 is 9.84 Å². The highest BCUT2D eigenvalue weighted by atomic mass is 35.5. The lowest BCUT2D eigenvalue weighted by molar-refractivity contribution is -0.274. The first-order chi connectivity index (χ1) is 9.74. The molecule has 2 aromatic carbocycles. The number of ether oxygens (including phenoxy) is 1. The molecular formula is C14H8ClF3O3. The molecule has 0 amide bonds. The molecule has 0 aromatic heterocycles. The van der Waals surface area contributed by atoms with Crippen molar-refractivity contribution >= 4 is 17.6 Å². The zero-order valence-corrected chi connectivity index (χ0v) is 11.1. The lowest BCUT2D eigenvalue weighted by atomic mass is 10.0. The van der Waals surface area contributed by atoms with Gasteiger partial charge in [0.1, 0.15) is 5.75 Å². The minimum atomic E-state index is -4.76. The Morgan fingerprint density at radius 2 is 1.67 bits per heavy atom. The van der Waals surface area contributed by atoms with Crippen LogP contribution >= 0.6 is 11.6 Å². The van der Waals surface area contributed by atoms with Crippen LogP contribution < -0.4 is 4.74 Å². The molecule has 3 nitrogen and oxygen atoms in total. The van der Waals surface area contributed by atoms with Gasteiger partial charge in [-0.25, -0.2) is 4.79 Å². The summed E-state index contributed by atoms with van der Waals surface area (Å²) in [5.41, 5.74) is 1.00. The molecule has 1 N–H and O–H groups in total. The first-order valence-electron chi connectivity index (χ1n) is 5.65. The first-order valence-corrected chi connectivity index (χ1v) is 6.02. The lowest BCUT2D eigenvalue weighted by Crippen LogP contribution is -2.16. The van der Waals surface area contributed by atoms with Crippen molar-refractivity contribution in [2.45, 2.75) is 6.36 Å². The molecule has 0 heterocycles. The molecule has 0 spiro atoms. The summed E-state index contributed by atoms with van der Waals surface area (Å²) in [6.07, 6.45) is -4.76. The molecule has 0 saturated carbocycles. The molecule has 0 aliphatic rings. The minimum absolute atomic E-state index is 0.00637. The monoisotopic (exact) mass is 316 g/mol. The summed E-state index contributed by atoms with van der Waals surface area (Å²) < 4.78 is 39.9. The van der Waals surface area contributed by atoms with Crippen LogP contribution in [0.5, 0.6) is 5.75 Å². The maximum Gasteiger partial charge on any atom is 0.573 e. The molecule has 0 saturated heterocycles. The van der Waals surface area contributed by atoms with Crippen LogP contribution in [0.2, 0.25) is 5.02 Å². The van der Waals surface area contributed by atoms with Crippen molar-refractivity contribution in [2.75, 3.05) is 0 Å². The van der Waals surface area contributed by atoms with E-state index >= 15 is 0 Å². The second-order valence-electron chi connectivity index (χ2n) is 4.11. The van der Waals surface area contributed by atoms with E-state index in [1.165, 1.54) is 30.3 Å². The van der Waals surface area contributed by atoms with Crippen molar-refractivity contribution in [3.63, 3.8) is 0 Å². The van der Waals surface area contributed by atoms with Crippen LogP contribution in [-0.2, 0) is 0 Å². The first kappa shape index (κ1) is 15.2. The van der Waals surface area contributed by atoms with Gasteiger partial charge in [-0.2, -0.15) is 0 Å². The summed E-state index contributed by atoms with van der Waals surface area (Å²) >= 11 is 5.83. The smallest absolute Gasteiger partial charge is 0.478 e. The van der Waals surface area contributed by atoms with Gasteiger partial charge in [0.05, 0.1) is 5.56 Å². The minimum Gasteiger partial charge on any atom is -0.478 e. The highest BCUT2D eigenvalue weighted by Gasteiger charge is 2.30. The van der Waals surface area contributed by atoms with E-state index in [0.29, 0.717) is 11.1 Å². The van der Waals surface area contributed by atoms with E-state index in [0.717, 1.165) is 12.1 Å². The van der Waals surface area contributed by atoms with Crippen molar-refractivity contribution in [3.8, 4) is 16.9 Å². The van der Waals surface area contributed by atoms with Gasteiger partial charge in [0, 0.05) is 5.02 Å². The van der Waals surface area contributed by atoms with Gasteiger partial charge in [-0.15, -0.1) is 13.2 Å². The number of carbonyl (C=O) groups is 1. The molecular weight excluding hydrogens is 309 g/mol. The van der Waals surface area contributed by atoms with E-state index in [2.05, 4.69) is 4.74 Å². The average Bonchev–Trinajstić information content (AvgIpc) is 2.37. The largest absolute Gasteiger partial charge is 0.573 e. The Kier molecular flexibility index (Phi) is 4.09. The third kappa shape index (κ3) is 4.13. The molecule has 0 bridgehead atoms. The summed E-state index contributed by atoms with van der Waals surface area (Å²) in [6.45, 7) is 0. The molecule has 0 atom stereocenters. The number of benzene rings is 2.